The zero-order valence-electron chi connectivity index (χ0n) is 17.5. The van der Waals surface area contributed by atoms with Gasteiger partial charge in [-0.3, -0.25) is 0 Å². The Kier molecular flexibility index (Phi) is 7.23. The standard InChI is InChI=1S/C24H27N5O.CH4/c1-3-5-9-18(4-2)29-24-21(23(25)26-16-27-24)22(28-29)17-12-14-20(15-13-17)30-19-10-7-6-8-11-19;/h6-8,10-16,18H,3-5,9H2,1-2H3,(H2,25,26,27);1H4/t18-;/m0./s1. The van der Waals surface area contributed by atoms with E-state index in [1.54, 1.807) is 0 Å². The fourth-order valence-electron chi connectivity index (χ4n) is 3.70. The molecule has 0 aliphatic heterocycles. The second-order valence-electron chi connectivity index (χ2n) is 7.39. The lowest BCUT2D eigenvalue weighted by Crippen LogP contribution is -2.10. The van der Waals surface area contributed by atoms with Gasteiger partial charge < -0.3 is 10.5 Å². The summed E-state index contributed by atoms with van der Waals surface area (Å²) in [5.41, 5.74) is 8.82. The summed E-state index contributed by atoms with van der Waals surface area (Å²) in [7, 11) is 0. The van der Waals surface area contributed by atoms with E-state index in [0.29, 0.717) is 5.82 Å². The lowest BCUT2D eigenvalue weighted by Gasteiger charge is -2.15. The number of fused-ring (bicyclic) bond motifs is 1. The Morgan fingerprint density at radius 3 is 2.35 bits per heavy atom. The third-order valence-corrected chi connectivity index (χ3v) is 5.33. The Morgan fingerprint density at radius 2 is 1.68 bits per heavy atom. The van der Waals surface area contributed by atoms with E-state index in [1.807, 2.05) is 59.3 Å². The van der Waals surface area contributed by atoms with E-state index >= 15 is 0 Å². The van der Waals surface area contributed by atoms with Crippen LogP contribution < -0.4 is 10.5 Å². The maximum absolute atomic E-state index is 6.25. The van der Waals surface area contributed by atoms with Gasteiger partial charge in [0.05, 0.1) is 11.4 Å². The average molecular weight is 418 g/mol. The van der Waals surface area contributed by atoms with Crippen molar-refractivity contribution in [3.63, 3.8) is 0 Å². The predicted molar refractivity (Wildman–Crippen MR) is 127 cm³/mol. The molecular weight excluding hydrogens is 386 g/mol. The summed E-state index contributed by atoms with van der Waals surface area (Å²) in [5.74, 6) is 2.03. The number of nitrogens with two attached hydrogens (primary N) is 1. The largest absolute Gasteiger partial charge is 0.457 e. The van der Waals surface area contributed by atoms with Crippen LogP contribution in [0.1, 0.15) is 53.0 Å². The van der Waals surface area contributed by atoms with Crippen LogP contribution in [0.2, 0.25) is 0 Å². The minimum atomic E-state index is 0. The Labute approximate surface area is 184 Å². The third kappa shape index (κ3) is 4.68. The van der Waals surface area contributed by atoms with E-state index in [2.05, 4.69) is 23.8 Å². The molecule has 162 valence electrons. The van der Waals surface area contributed by atoms with Gasteiger partial charge in [0.2, 0.25) is 0 Å². The summed E-state index contributed by atoms with van der Waals surface area (Å²) in [6.45, 7) is 4.40. The Balaban J connectivity index is 0.00000272. The first-order chi connectivity index (χ1) is 14.7. The highest BCUT2D eigenvalue weighted by molar-refractivity contribution is 5.98. The van der Waals surface area contributed by atoms with Gasteiger partial charge in [-0.05, 0) is 49.2 Å². The van der Waals surface area contributed by atoms with Crippen molar-refractivity contribution in [2.45, 2.75) is 53.0 Å². The van der Waals surface area contributed by atoms with E-state index in [4.69, 9.17) is 15.6 Å². The van der Waals surface area contributed by atoms with Crippen molar-refractivity contribution in [2.75, 3.05) is 5.73 Å². The fraction of sp³-hybridized carbons (Fsp3) is 0.320. The van der Waals surface area contributed by atoms with Crippen molar-refractivity contribution in [2.24, 2.45) is 0 Å². The van der Waals surface area contributed by atoms with Crippen molar-refractivity contribution in [1.29, 1.82) is 0 Å². The van der Waals surface area contributed by atoms with Crippen LogP contribution in [0.4, 0.5) is 5.82 Å². The Morgan fingerprint density at radius 1 is 0.968 bits per heavy atom. The lowest BCUT2D eigenvalue weighted by atomic mass is 10.1. The highest BCUT2D eigenvalue weighted by Gasteiger charge is 2.21. The van der Waals surface area contributed by atoms with Crippen LogP contribution in [0, 0.1) is 0 Å². The van der Waals surface area contributed by atoms with Gasteiger partial charge >= 0.3 is 0 Å². The van der Waals surface area contributed by atoms with Crippen LogP contribution >= 0.6 is 0 Å². The van der Waals surface area contributed by atoms with E-state index < -0.39 is 0 Å². The summed E-state index contributed by atoms with van der Waals surface area (Å²) >= 11 is 0. The maximum Gasteiger partial charge on any atom is 0.164 e. The van der Waals surface area contributed by atoms with Gasteiger partial charge in [0.1, 0.15) is 29.3 Å². The van der Waals surface area contributed by atoms with Gasteiger partial charge in [0.25, 0.3) is 0 Å². The third-order valence-electron chi connectivity index (χ3n) is 5.33. The zero-order valence-corrected chi connectivity index (χ0v) is 17.5. The summed E-state index contributed by atoms with van der Waals surface area (Å²) in [5, 5.41) is 5.76. The molecule has 0 aliphatic carbocycles. The van der Waals surface area contributed by atoms with Crippen LogP contribution in [0.5, 0.6) is 11.5 Å². The molecule has 0 aliphatic rings. The highest BCUT2D eigenvalue weighted by Crippen LogP contribution is 2.34. The number of aromatic nitrogens is 4. The molecule has 0 saturated heterocycles. The first-order valence-corrected chi connectivity index (χ1v) is 10.5. The summed E-state index contributed by atoms with van der Waals surface area (Å²) < 4.78 is 7.95. The molecule has 6 heteroatoms. The van der Waals surface area contributed by atoms with Gasteiger partial charge in [-0.25, -0.2) is 14.6 Å². The average Bonchev–Trinajstić information content (AvgIpc) is 3.17. The zero-order chi connectivity index (χ0) is 20.9. The number of ether oxygens (including phenoxy) is 1. The molecule has 4 aromatic rings. The van der Waals surface area contributed by atoms with E-state index in [0.717, 1.165) is 59.5 Å². The number of nitrogens with zero attached hydrogens (tertiary/aromatic N) is 4. The second kappa shape index (κ2) is 10.1. The molecule has 6 nitrogen and oxygen atoms in total. The number of hydrogen-bond acceptors (Lipinski definition) is 5. The number of benzene rings is 2. The molecule has 31 heavy (non-hydrogen) atoms. The molecule has 4 rings (SSSR count). The summed E-state index contributed by atoms with van der Waals surface area (Å²) in [4.78, 5) is 8.74. The van der Waals surface area contributed by atoms with Crippen LogP contribution in [-0.4, -0.2) is 19.7 Å². The maximum atomic E-state index is 6.25. The normalized spacial score (nSPS) is 11.8. The number of nitrogen functional groups attached to an aromatic ring is 1. The minimum absolute atomic E-state index is 0. The Bertz CT molecular complexity index is 1110. The molecular formula is C25H31N5O. The van der Waals surface area contributed by atoms with Gasteiger partial charge in [0.15, 0.2) is 5.65 Å². The molecule has 0 spiro atoms. The van der Waals surface area contributed by atoms with Crippen molar-refractivity contribution in [1.82, 2.24) is 19.7 Å². The number of unbranched alkanes of at least 4 members (excludes halogenated alkanes) is 1. The van der Waals surface area contributed by atoms with Crippen LogP contribution in [0.15, 0.2) is 60.9 Å². The number of hydrogen-bond donors (Lipinski definition) is 1. The Hall–Kier alpha value is -3.41. The van der Waals surface area contributed by atoms with Crippen LogP contribution in [0.3, 0.4) is 0 Å². The summed E-state index contributed by atoms with van der Waals surface area (Å²) in [6, 6.07) is 17.9. The molecule has 1 atom stereocenters. The van der Waals surface area contributed by atoms with E-state index in [-0.39, 0.29) is 13.5 Å². The van der Waals surface area contributed by atoms with Crippen molar-refractivity contribution >= 4 is 16.9 Å². The van der Waals surface area contributed by atoms with Gasteiger partial charge in [-0.1, -0.05) is 52.3 Å². The van der Waals surface area contributed by atoms with Gasteiger partial charge in [-0.15, -0.1) is 0 Å². The molecule has 0 radical (unpaired) electrons. The first kappa shape index (κ1) is 22.3. The van der Waals surface area contributed by atoms with Gasteiger partial charge in [0, 0.05) is 5.56 Å². The van der Waals surface area contributed by atoms with Crippen LogP contribution in [0.25, 0.3) is 22.3 Å². The smallest absolute Gasteiger partial charge is 0.164 e. The van der Waals surface area contributed by atoms with Crippen molar-refractivity contribution in [3.8, 4) is 22.8 Å². The molecule has 0 bridgehead atoms. The molecule has 0 saturated carbocycles. The lowest BCUT2D eigenvalue weighted by molar-refractivity contribution is 0.410. The monoisotopic (exact) mass is 417 g/mol. The van der Waals surface area contributed by atoms with Crippen molar-refractivity contribution in [3.05, 3.63) is 60.9 Å². The molecule has 2 N–H and O–H groups in total. The molecule has 2 aromatic heterocycles. The number of anilines is 1. The first-order valence-electron chi connectivity index (χ1n) is 10.5. The number of para-hydroxylation sites is 1. The predicted octanol–water partition coefficient (Wildman–Crippen LogP) is 6.65. The molecule has 0 fully saturated rings. The van der Waals surface area contributed by atoms with Crippen molar-refractivity contribution < 1.29 is 4.74 Å². The molecule has 2 heterocycles. The second-order valence-corrected chi connectivity index (χ2v) is 7.39. The van der Waals surface area contributed by atoms with E-state index in [1.165, 1.54) is 6.33 Å². The fourth-order valence-corrected chi connectivity index (χ4v) is 3.70. The molecule has 0 amide bonds. The van der Waals surface area contributed by atoms with Crippen LogP contribution in [-0.2, 0) is 0 Å². The topological polar surface area (TPSA) is 78.9 Å². The minimum Gasteiger partial charge on any atom is -0.457 e. The highest BCUT2D eigenvalue weighted by atomic mass is 16.5. The van der Waals surface area contributed by atoms with Gasteiger partial charge in [-0.2, -0.15) is 5.10 Å². The molecule has 2 aromatic carbocycles. The van der Waals surface area contributed by atoms with E-state index in [9.17, 15) is 0 Å². The SMILES string of the molecule is C.CCCC[C@H](CC)n1nc(-c2ccc(Oc3ccccc3)cc2)c2c(N)ncnc21. The summed E-state index contributed by atoms with van der Waals surface area (Å²) in [6.07, 6.45) is 5.88. The quantitative estimate of drug-likeness (QED) is 0.347. The molecule has 0 unspecified atom stereocenters. The number of rotatable bonds is 8.